The minimum Gasteiger partial charge on any atom is -0.388 e. The van der Waals surface area contributed by atoms with Gasteiger partial charge >= 0.3 is 0 Å². The molecule has 0 amide bonds. The van der Waals surface area contributed by atoms with E-state index < -0.39 is 0 Å². The summed E-state index contributed by atoms with van der Waals surface area (Å²) in [5.41, 5.74) is 1.90. The molecule has 90 valence electrons. The molecule has 1 aromatic carbocycles. The second-order valence-corrected chi connectivity index (χ2v) is 4.13. The fourth-order valence-electron chi connectivity index (χ4n) is 1.84. The summed E-state index contributed by atoms with van der Waals surface area (Å²) < 4.78 is 1.80. The number of aliphatic hydroxyl groups is 1. The number of aryl methyl sites for hydroxylation is 2. The van der Waals surface area contributed by atoms with Gasteiger partial charge in [-0.15, -0.1) is 0 Å². The van der Waals surface area contributed by atoms with Crippen LogP contribution >= 0.6 is 0 Å². The number of rotatable bonds is 3. The molecule has 4 nitrogen and oxygen atoms in total. The molecule has 0 aliphatic carbocycles. The van der Waals surface area contributed by atoms with Crippen LogP contribution in [0.1, 0.15) is 36.7 Å². The van der Waals surface area contributed by atoms with Gasteiger partial charge in [-0.25, -0.2) is 9.67 Å². The molecule has 0 bridgehead atoms. The van der Waals surface area contributed by atoms with Crippen molar-refractivity contribution in [1.82, 2.24) is 14.8 Å². The van der Waals surface area contributed by atoms with Crippen LogP contribution in [0, 0.1) is 13.8 Å². The molecule has 0 spiro atoms. The van der Waals surface area contributed by atoms with Crippen molar-refractivity contribution in [2.24, 2.45) is 0 Å². The van der Waals surface area contributed by atoms with E-state index in [0.717, 1.165) is 29.3 Å². The molecule has 2 aromatic rings. The lowest BCUT2D eigenvalue weighted by molar-refractivity contribution is 0.173. The molecule has 2 rings (SSSR count). The lowest BCUT2D eigenvalue weighted by Gasteiger charge is -2.09. The van der Waals surface area contributed by atoms with E-state index in [0.29, 0.717) is 0 Å². The first-order chi connectivity index (χ1) is 8.11. The second-order valence-electron chi connectivity index (χ2n) is 4.13. The van der Waals surface area contributed by atoms with Crippen LogP contribution in [0.25, 0.3) is 5.69 Å². The zero-order valence-corrected chi connectivity index (χ0v) is 10.4. The number of aromatic nitrogens is 3. The van der Waals surface area contributed by atoms with E-state index in [1.54, 1.807) is 4.68 Å². The van der Waals surface area contributed by atoms with Crippen molar-refractivity contribution in [1.29, 1.82) is 0 Å². The van der Waals surface area contributed by atoms with Crippen LogP contribution in [0.15, 0.2) is 24.3 Å². The van der Waals surface area contributed by atoms with Gasteiger partial charge in [-0.2, -0.15) is 5.10 Å². The molecule has 0 saturated carbocycles. The van der Waals surface area contributed by atoms with Crippen molar-refractivity contribution in [3.63, 3.8) is 0 Å². The first-order valence-corrected chi connectivity index (χ1v) is 5.80. The molecule has 0 unspecified atom stereocenters. The average Bonchev–Trinajstić information content (AvgIpc) is 2.68. The van der Waals surface area contributed by atoms with E-state index in [1.165, 1.54) is 0 Å². The van der Waals surface area contributed by atoms with Gasteiger partial charge in [0.05, 0.1) is 11.8 Å². The van der Waals surface area contributed by atoms with Gasteiger partial charge in [0, 0.05) is 0 Å². The fourth-order valence-corrected chi connectivity index (χ4v) is 1.84. The topological polar surface area (TPSA) is 50.9 Å². The Hall–Kier alpha value is -1.68. The lowest BCUT2D eigenvalue weighted by atomic mass is 10.1. The van der Waals surface area contributed by atoms with E-state index in [-0.39, 0.29) is 6.10 Å². The molecule has 0 radical (unpaired) electrons. The third-order valence-electron chi connectivity index (χ3n) is 2.78. The predicted octanol–water partition coefficient (Wildman–Crippen LogP) is 2.33. The summed E-state index contributed by atoms with van der Waals surface area (Å²) in [5.74, 6) is 1.63. The molecule has 0 fully saturated rings. The highest BCUT2D eigenvalue weighted by molar-refractivity contribution is 5.35. The minimum absolute atomic E-state index is 0.386. The maximum absolute atomic E-state index is 9.71. The molecule has 1 atom stereocenters. The summed E-state index contributed by atoms with van der Waals surface area (Å²) in [7, 11) is 0. The molecular weight excluding hydrogens is 214 g/mol. The van der Waals surface area contributed by atoms with Crippen LogP contribution in [-0.2, 0) is 0 Å². The summed E-state index contributed by atoms with van der Waals surface area (Å²) in [6.07, 6.45) is 0.337. The lowest BCUT2D eigenvalue weighted by Crippen LogP contribution is -2.01. The maximum atomic E-state index is 9.71. The molecular formula is C13H17N3O. The molecule has 1 aromatic heterocycles. The number of nitrogens with zero attached hydrogens (tertiary/aromatic N) is 3. The van der Waals surface area contributed by atoms with Gasteiger partial charge in [0.1, 0.15) is 11.6 Å². The van der Waals surface area contributed by atoms with Crippen molar-refractivity contribution in [3.05, 3.63) is 41.5 Å². The van der Waals surface area contributed by atoms with Crippen LogP contribution in [-0.4, -0.2) is 19.9 Å². The number of hydrogen-bond acceptors (Lipinski definition) is 3. The Labute approximate surface area is 101 Å². The zero-order valence-electron chi connectivity index (χ0n) is 10.4. The number of benzene rings is 1. The van der Waals surface area contributed by atoms with Gasteiger partial charge in [0.25, 0.3) is 0 Å². The minimum atomic E-state index is -0.386. The molecule has 17 heavy (non-hydrogen) atoms. The van der Waals surface area contributed by atoms with Gasteiger partial charge in [-0.05, 0) is 38.0 Å². The van der Waals surface area contributed by atoms with Gasteiger partial charge in [-0.1, -0.05) is 19.1 Å². The van der Waals surface area contributed by atoms with Crippen molar-refractivity contribution in [2.45, 2.75) is 33.3 Å². The van der Waals surface area contributed by atoms with E-state index in [2.05, 4.69) is 10.1 Å². The van der Waals surface area contributed by atoms with Crippen LogP contribution in [0.4, 0.5) is 0 Å². The number of hydrogen-bond donors (Lipinski definition) is 1. The Balaban J connectivity index is 2.32. The molecule has 0 saturated heterocycles. The maximum Gasteiger partial charge on any atom is 0.148 e. The van der Waals surface area contributed by atoms with Crippen molar-refractivity contribution in [2.75, 3.05) is 0 Å². The number of aliphatic hydroxyl groups excluding tert-OH is 1. The summed E-state index contributed by atoms with van der Waals surface area (Å²) in [6.45, 7) is 5.76. The van der Waals surface area contributed by atoms with Crippen LogP contribution in [0.5, 0.6) is 0 Å². The summed E-state index contributed by atoms with van der Waals surface area (Å²) in [6, 6.07) is 7.77. The Morgan fingerprint density at radius 2 is 1.88 bits per heavy atom. The standard InChI is InChI=1S/C13H17N3O/c1-4-13(17)11-5-7-12(8-6-11)16-10(3)14-9(2)15-16/h5-8,13,17H,4H2,1-3H3/t13-/m1/s1. The van der Waals surface area contributed by atoms with E-state index in [1.807, 2.05) is 45.0 Å². The van der Waals surface area contributed by atoms with Crippen molar-refractivity contribution in [3.8, 4) is 5.69 Å². The summed E-state index contributed by atoms with van der Waals surface area (Å²) in [4.78, 5) is 4.26. The first kappa shape index (κ1) is 11.8. The van der Waals surface area contributed by atoms with E-state index >= 15 is 0 Å². The SMILES string of the molecule is CC[C@@H](O)c1ccc(-n2nc(C)nc2C)cc1. The third-order valence-corrected chi connectivity index (χ3v) is 2.78. The second kappa shape index (κ2) is 4.67. The monoisotopic (exact) mass is 231 g/mol. The Morgan fingerprint density at radius 3 is 2.35 bits per heavy atom. The average molecular weight is 231 g/mol. The highest BCUT2D eigenvalue weighted by Gasteiger charge is 2.07. The largest absolute Gasteiger partial charge is 0.388 e. The summed E-state index contributed by atoms with van der Waals surface area (Å²) in [5, 5.41) is 14.0. The highest BCUT2D eigenvalue weighted by Crippen LogP contribution is 2.18. The summed E-state index contributed by atoms with van der Waals surface area (Å²) >= 11 is 0. The fraction of sp³-hybridized carbons (Fsp3) is 0.385. The van der Waals surface area contributed by atoms with Crippen LogP contribution in [0.3, 0.4) is 0 Å². The quantitative estimate of drug-likeness (QED) is 0.882. The third kappa shape index (κ3) is 2.36. The van der Waals surface area contributed by atoms with Crippen molar-refractivity contribution >= 4 is 0 Å². The van der Waals surface area contributed by atoms with Gasteiger partial charge < -0.3 is 5.11 Å². The zero-order chi connectivity index (χ0) is 12.4. The van der Waals surface area contributed by atoms with Gasteiger partial charge in [-0.3, -0.25) is 0 Å². The first-order valence-electron chi connectivity index (χ1n) is 5.80. The van der Waals surface area contributed by atoms with E-state index in [4.69, 9.17) is 0 Å². The van der Waals surface area contributed by atoms with Crippen molar-refractivity contribution < 1.29 is 5.11 Å². The van der Waals surface area contributed by atoms with Gasteiger partial charge in [0.15, 0.2) is 0 Å². The molecule has 1 heterocycles. The molecule has 0 aliphatic rings. The predicted molar refractivity (Wildman–Crippen MR) is 66.1 cm³/mol. The molecule has 0 aliphatic heterocycles. The highest BCUT2D eigenvalue weighted by atomic mass is 16.3. The van der Waals surface area contributed by atoms with Crippen LogP contribution in [0.2, 0.25) is 0 Å². The Bertz CT molecular complexity index is 502. The molecule has 4 heteroatoms. The van der Waals surface area contributed by atoms with E-state index in [9.17, 15) is 5.11 Å². The Morgan fingerprint density at radius 1 is 1.24 bits per heavy atom. The normalized spacial score (nSPS) is 12.7. The van der Waals surface area contributed by atoms with Crippen LogP contribution < -0.4 is 0 Å². The Kier molecular flexibility index (Phi) is 3.24. The smallest absolute Gasteiger partial charge is 0.148 e. The van der Waals surface area contributed by atoms with Gasteiger partial charge in [0.2, 0.25) is 0 Å². The molecule has 1 N–H and O–H groups in total.